The van der Waals surface area contributed by atoms with Gasteiger partial charge < -0.3 is 10.2 Å². The van der Waals surface area contributed by atoms with Gasteiger partial charge in [-0.2, -0.15) is 5.10 Å². The van der Waals surface area contributed by atoms with Crippen molar-refractivity contribution in [1.29, 1.82) is 0 Å². The zero-order chi connectivity index (χ0) is 13.7. The molecule has 2 unspecified atom stereocenters. The van der Waals surface area contributed by atoms with Gasteiger partial charge in [0, 0.05) is 44.8 Å². The molecule has 0 spiro atoms. The van der Waals surface area contributed by atoms with Crippen molar-refractivity contribution in [2.24, 2.45) is 18.9 Å². The average molecular weight is 274 g/mol. The Bertz CT molecular complexity index is 526. The molecule has 2 aliphatic heterocycles. The summed E-state index contributed by atoms with van der Waals surface area (Å²) in [5.74, 6) is 1.53. The molecule has 4 atom stereocenters. The van der Waals surface area contributed by atoms with E-state index in [1.54, 1.807) is 0 Å². The second-order valence-corrected chi connectivity index (χ2v) is 6.64. The first-order valence-corrected chi connectivity index (χ1v) is 7.72. The molecule has 3 aliphatic rings. The smallest absolute Gasteiger partial charge is 0.227 e. The van der Waals surface area contributed by atoms with Crippen LogP contribution in [0.1, 0.15) is 30.7 Å². The molecule has 3 fully saturated rings. The van der Waals surface area contributed by atoms with Gasteiger partial charge in [-0.15, -0.1) is 0 Å². The summed E-state index contributed by atoms with van der Waals surface area (Å²) >= 11 is 0. The SMILES string of the molecule is Cn1cc([C@H]2CNC[C@@H]2C(=O)N2CC3CCC2C3)cn1. The van der Waals surface area contributed by atoms with E-state index < -0.39 is 0 Å². The quantitative estimate of drug-likeness (QED) is 0.865. The number of hydrogen-bond donors (Lipinski definition) is 1. The van der Waals surface area contributed by atoms with Gasteiger partial charge in [0.05, 0.1) is 12.1 Å². The Balaban J connectivity index is 1.53. The number of rotatable bonds is 2. The lowest BCUT2D eigenvalue weighted by molar-refractivity contribution is -0.137. The Kier molecular flexibility index (Phi) is 2.84. The summed E-state index contributed by atoms with van der Waals surface area (Å²) in [7, 11) is 1.93. The van der Waals surface area contributed by atoms with E-state index in [0.29, 0.717) is 11.9 Å². The molecule has 0 aromatic carbocycles. The second-order valence-electron chi connectivity index (χ2n) is 6.64. The van der Waals surface area contributed by atoms with E-state index in [2.05, 4.69) is 15.3 Å². The number of likely N-dealkylation sites (tertiary alicyclic amines) is 1. The van der Waals surface area contributed by atoms with Crippen LogP contribution in [-0.4, -0.2) is 46.3 Å². The number of nitrogens with one attached hydrogen (secondary N) is 1. The van der Waals surface area contributed by atoms with Crippen LogP contribution in [0.4, 0.5) is 0 Å². The second kappa shape index (κ2) is 4.58. The molecular formula is C15H22N4O. The van der Waals surface area contributed by atoms with Gasteiger partial charge in [0.1, 0.15) is 0 Å². The van der Waals surface area contributed by atoms with Crippen molar-refractivity contribution in [1.82, 2.24) is 20.0 Å². The molecule has 3 heterocycles. The maximum Gasteiger partial charge on any atom is 0.227 e. The highest BCUT2D eigenvalue weighted by atomic mass is 16.2. The van der Waals surface area contributed by atoms with Crippen LogP contribution in [0, 0.1) is 11.8 Å². The summed E-state index contributed by atoms with van der Waals surface area (Å²) in [6.45, 7) is 2.70. The van der Waals surface area contributed by atoms with Crippen LogP contribution in [-0.2, 0) is 11.8 Å². The van der Waals surface area contributed by atoms with Crippen LogP contribution in [0.2, 0.25) is 0 Å². The van der Waals surface area contributed by atoms with Crippen LogP contribution >= 0.6 is 0 Å². The molecule has 2 saturated heterocycles. The van der Waals surface area contributed by atoms with E-state index in [-0.39, 0.29) is 11.8 Å². The maximum atomic E-state index is 12.9. The van der Waals surface area contributed by atoms with Gasteiger partial charge in [0.25, 0.3) is 0 Å². The Morgan fingerprint density at radius 3 is 2.95 bits per heavy atom. The molecule has 1 aromatic rings. The zero-order valence-electron chi connectivity index (χ0n) is 12.0. The number of carbonyl (C=O) groups is 1. The minimum Gasteiger partial charge on any atom is -0.339 e. The highest BCUT2D eigenvalue weighted by Crippen LogP contribution is 2.40. The van der Waals surface area contributed by atoms with Crippen molar-refractivity contribution >= 4 is 5.91 Å². The molecular weight excluding hydrogens is 252 g/mol. The van der Waals surface area contributed by atoms with Crippen molar-refractivity contribution < 1.29 is 4.79 Å². The molecule has 1 amide bonds. The summed E-state index contributed by atoms with van der Waals surface area (Å²) in [5, 5.41) is 7.65. The summed E-state index contributed by atoms with van der Waals surface area (Å²) < 4.78 is 1.83. The first kappa shape index (κ1) is 12.4. The third kappa shape index (κ3) is 1.87. The number of hydrogen-bond acceptors (Lipinski definition) is 3. The zero-order valence-corrected chi connectivity index (χ0v) is 12.0. The van der Waals surface area contributed by atoms with Gasteiger partial charge in [0.15, 0.2) is 0 Å². The lowest BCUT2D eigenvalue weighted by Gasteiger charge is -2.31. The van der Waals surface area contributed by atoms with Crippen molar-refractivity contribution in [2.75, 3.05) is 19.6 Å². The van der Waals surface area contributed by atoms with E-state index >= 15 is 0 Å². The minimum atomic E-state index is 0.0959. The number of carbonyl (C=O) groups excluding carboxylic acids is 1. The van der Waals surface area contributed by atoms with Gasteiger partial charge in [-0.05, 0) is 30.7 Å². The molecule has 1 aromatic heterocycles. The maximum absolute atomic E-state index is 12.9. The number of amides is 1. The molecule has 4 rings (SSSR count). The predicted molar refractivity (Wildman–Crippen MR) is 75.2 cm³/mol. The number of piperidine rings is 1. The fraction of sp³-hybridized carbons (Fsp3) is 0.733. The number of fused-ring (bicyclic) bond motifs is 2. The van der Waals surface area contributed by atoms with Gasteiger partial charge in [-0.1, -0.05) is 0 Å². The molecule has 108 valence electrons. The average Bonchev–Trinajstić information content (AvgIpc) is 3.20. The molecule has 0 radical (unpaired) electrons. The molecule has 2 bridgehead atoms. The van der Waals surface area contributed by atoms with Crippen molar-refractivity contribution in [3.8, 4) is 0 Å². The minimum absolute atomic E-state index is 0.0959. The van der Waals surface area contributed by atoms with E-state index in [1.165, 1.54) is 24.8 Å². The molecule has 1 aliphatic carbocycles. The first-order chi connectivity index (χ1) is 9.72. The number of nitrogens with zero attached hydrogens (tertiary/aromatic N) is 3. The fourth-order valence-corrected chi connectivity index (χ4v) is 4.33. The number of aryl methyl sites for hydroxylation is 1. The molecule has 1 N–H and O–H groups in total. The molecule has 5 heteroatoms. The van der Waals surface area contributed by atoms with Gasteiger partial charge in [0.2, 0.25) is 5.91 Å². The van der Waals surface area contributed by atoms with Crippen LogP contribution < -0.4 is 5.32 Å². The van der Waals surface area contributed by atoms with E-state index in [0.717, 1.165) is 25.6 Å². The summed E-state index contributed by atoms with van der Waals surface area (Å²) in [6, 6.07) is 0.530. The highest BCUT2D eigenvalue weighted by Gasteiger charge is 2.45. The van der Waals surface area contributed by atoms with Crippen LogP contribution in [0.25, 0.3) is 0 Å². The normalized spacial score (nSPS) is 36.0. The first-order valence-electron chi connectivity index (χ1n) is 7.72. The van der Waals surface area contributed by atoms with E-state index in [4.69, 9.17) is 0 Å². The predicted octanol–water partition coefficient (Wildman–Crippen LogP) is 0.734. The number of aromatic nitrogens is 2. The third-order valence-electron chi connectivity index (χ3n) is 5.38. The Hall–Kier alpha value is -1.36. The van der Waals surface area contributed by atoms with Gasteiger partial charge in [-0.3, -0.25) is 9.48 Å². The van der Waals surface area contributed by atoms with E-state index in [1.807, 2.05) is 24.1 Å². The Labute approximate surface area is 119 Å². The van der Waals surface area contributed by atoms with Gasteiger partial charge in [-0.25, -0.2) is 0 Å². The van der Waals surface area contributed by atoms with Crippen LogP contribution in [0.5, 0.6) is 0 Å². The third-order valence-corrected chi connectivity index (χ3v) is 5.38. The Morgan fingerprint density at radius 1 is 1.40 bits per heavy atom. The van der Waals surface area contributed by atoms with E-state index in [9.17, 15) is 4.79 Å². The summed E-state index contributed by atoms with van der Waals surface area (Å²) in [5.41, 5.74) is 1.19. The van der Waals surface area contributed by atoms with Crippen LogP contribution in [0.3, 0.4) is 0 Å². The highest BCUT2D eigenvalue weighted by molar-refractivity contribution is 5.81. The van der Waals surface area contributed by atoms with Crippen molar-refractivity contribution in [2.45, 2.75) is 31.2 Å². The van der Waals surface area contributed by atoms with Gasteiger partial charge >= 0.3 is 0 Å². The van der Waals surface area contributed by atoms with Crippen molar-refractivity contribution in [3.63, 3.8) is 0 Å². The summed E-state index contributed by atoms with van der Waals surface area (Å²) in [4.78, 5) is 15.1. The lowest BCUT2D eigenvalue weighted by atomic mass is 9.89. The lowest BCUT2D eigenvalue weighted by Crippen LogP contribution is -2.43. The van der Waals surface area contributed by atoms with Crippen LogP contribution in [0.15, 0.2) is 12.4 Å². The summed E-state index contributed by atoms with van der Waals surface area (Å²) in [6.07, 6.45) is 7.74. The standard InChI is InChI=1S/C15H22N4O/c1-18-9-11(5-17-18)13-6-16-7-14(13)15(20)19-8-10-2-3-12(19)4-10/h5,9-10,12-14,16H,2-4,6-8H2,1H3/t10?,12?,13-,14+/m1/s1. The molecule has 1 saturated carbocycles. The molecule has 5 nitrogen and oxygen atoms in total. The fourth-order valence-electron chi connectivity index (χ4n) is 4.33. The molecule has 20 heavy (non-hydrogen) atoms. The Morgan fingerprint density at radius 2 is 2.30 bits per heavy atom. The topological polar surface area (TPSA) is 50.2 Å². The largest absolute Gasteiger partial charge is 0.339 e. The monoisotopic (exact) mass is 274 g/mol. The van der Waals surface area contributed by atoms with Crippen molar-refractivity contribution in [3.05, 3.63) is 18.0 Å².